The standard InChI is InChI=1S/C10H17/c1-10(2,3)9-7-5-4-6-8-9/h5,9H,6-8H2,1-3H3/q+1. The van der Waals surface area contributed by atoms with Gasteiger partial charge in [0.15, 0.2) is 12.5 Å². The molecule has 0 radical (unpaired) electrons. The summed E-state index contributed by atoms with van der Waals surface area (Å²) in [5, 5.41) is 0. The molecule has 1 aliphatic rings. The van der Waals surface area contributed by atoms with Gasteiger partial charge in [-0.25, -0.2) is 0 Å². The molecule has 0 N–H and O–H groups in total. The molecule has 1 aliphatic carbocycles. The van der Waals surface area contributed by atoms with Gasteiger partial charge in [0.25, 0.3) is 0 Å². The van der Waals surface area contributed by atoms with E-state index in [1.807, 2.05) is 0 Å². The van der Waals surface area contributed by atoms with Gasteiger partial charge in [0.05, 0.1) is 0 Å². The first-order valence-electron chi connectivity index (χ1n) is 4.16. The van der Waals surface area contributed by atoms with Gasteiger partial charge in [0, 0.05) is 12.8 Å². The summed E-state index contributed by atoms with van der Waals surface area (Å²) in [4.78, 5) is 0. The van der Waals surface area contributed by atoms with Crippen molar-refractivity contribution in [3.8, 4) is 0 Å². The fourth-order valence-corrected chi connectivity index (χ4v) is 1.49. The van der Waals surface area contributed by atoms with E-state index in [1.165, 1.54) is 19.3 Å². The first kappa shape index (κ1) is 7.75. The highest BCUT2D eigenvalue weighted by Gasteiger charge is 2.27. The van der Waals surface area contributed by atoms with Crippen LogP contribution < -0.4 is 0 Å². The van der Waals surface area contributed by atoms with Crippen molar-refractivity contribution >= 4 is 0 Å². The van der Waals surface area contributed by atoms with Gasteiger partial charge in [0.2, 0.25) is 6.08 Å². The molecular weight excluding hydrogens is 120 g/mol. The monoisotopic (exact) mass is 137 g/mol. The normalized spacial score (nSPS) is 26.1. The van der Waals surface area contributed by atoms with E-state index in [9.17, 15) is 0 Å². The van der Waals surface area contributed by atoms with Crippen LogP contribution in [0.2, 0.25) is 0 Å². The third-order valence-corrected chi connectivity index (χ3v) is 2.41. The molecule has 0 nitrogen and oxygen atoms in total. The van der Waals surface area contributed by atoms with E-state index in [4.69, 9.17) is 0 Å². The second-order valence-corrected chi connectivity index (χ2v) is 4.25. The number of hydrogen-bond acceptors (Lipinski definition) is 0. The van der Waals surface area contributed by atoms with Crippen molar-refractivity contribution in [3.05, 3.63) is 12.2 Å². The molecule has 0 aliphatic heterocycles. The molecule has 0 aromatic carbocycles. The van der Waals surface area contributed by atoms with Gasteiger partial charge in [0.1, 0.15) is 0 Å². The van der Waals surface area contributed by atoms with Crippen molar-refractivity contribution in [3.63, 3.8) is 0 Å². The zero-order valence-corrected chi connectivity index (χ0v) is 7.28. The summed E-state index contributed by atoms with van der Waals surface area (Å²) >= 11 is 0. The second kappa shape index (κ2) is 2.72. The molecule has 0 fully saturated rings. The Morgan fingerprint density at radius 2 is 2.10 bits per heavy atom. The van der Waals surface area contributed by atoms with Crippen LogP contribution in [0.15, 0.2) is 6.08 Å². The van der Waals surface area contributed by atoms with Gasteiger partial charge >= 0.3 is 0 Å². The quantitative estimate of drug-likeness (QED) is 0.450. The Kier molecular flexibility index (Phi) is 2.11. The summed E-state index contributed by atoms with van der Waals surface area (Å²) in [5.74, 6) is 0.883. The van der Waals surface area contributed by atoms with Crippen LogP contribution in [0.1, 0.15) is 40.0 Å². The summed E-state index contributed by atoms with van der Waals surface area (Å²) in [6.07, 6.45) is 9.21. The van der Waals surface area contributed by atoms with E-state index in [-0.39, 0.29) is 0 Å². The summed E-state index contributed by atoms with van der Waals surface area (Å²) in [5.41, 5.74) is 0.499. The smallest absolute Gasteiger partial charge is 0.0599 e. The number of allylic oxidation sites excluding steroid dienone is 2. The fourth-order valence-electron chi connectivity index (χ4n) is 1.49. The highest BCUT2D eigenvalue weighted by molar-refractivity contribution is 4.88. The second-order valence-electron chi connectivity index (χ2n) is 4.25. The van der Waals surface area contributed by atoms with Crippen LogP contribution in [0.4, 0.5) is 0 Å². The minimum absolute atomic E-state index is 0.499. The molecule has 0 heterocycles. The lowest BCUT2D eigenvalue weighted by Gasteiger charge is -2.28. The first-order chi connectivity index (χ1) is 4.61. The molecule has 0 bridgehead atoms. The SMILES string of the molecule is CC(C)(C)C1CC=[C+]CC1. The Balaban J connectivity index is 2.49. The molecule has 0 spiro atoms. The molecule has 0 aromatic rings. The average Bonchev–Trinajstić information content (AvgIpc) is 1.88. The Morgan fingerprint density at radius 1 is 1.40 bits per heavy atom. The van der Waals surface area contributed by atoms with Gasteiger partial charge < -0.3 is 0 Å². The van der Waals surface area contributed by atoms with Crippen LogP contribution in [0.25, 0.3) is 0 Å². The minimum Gasteiger partial charge on any atom is -0.0599 e. The summed E-state index contributed by atoms with van der Waals surface area (Å²) < 4.78 is 0. The predicted octanol–water partition coefficient (Wildman–Crippen LogP) is 3.19. The van der Waals surface area contributed by atoms with Gasteiger partial charge in [-0.2, -0.15) is 0 Å². The zero-order valence-electron chi connectivity index (χ0n) is 7.28. The molecule has 10 heavy (non-hydrogen) atoms. The van der Waals surface area contributed by atoms with E-state index in [2.05, 4.69) is 32.9 Å². The number of rotatable bonds is 0. The van der Waals surface area contributed by atoms with Crippen molar-refractivity contribution in [2.24, 2.45) is 11.3 Å². The lowest BCUT2D eigenvalue weighted by Crippen LogP contribution is -2.21. The number of hydrogen-bond donors (Lipinski definition) is 0. The summed E-state index contributed by atoms with van der Waals surface area (Å²) in [6.45, 7) is 6.99. The van der Waals surface area contributed by atoms with Crippen molar-refractivity contribution in [1.29, 1.82) is 0 Å². The molecule has 1 rings (SSSR count). The molecule has 0 saturated carbocycles. The fraction of sp³-hybridized carbons (Fsp3) is 0.800. The average molecular weight is 137 g/mol. The van der Waals surface area contributed by atoms with Gasteiger partial charge in [-0.15, -0.1) is 0 Å². The summed E-state index contributed by atoms with van der Waals surface area (Å²) in [7, 11) is 0. The van der Waals surface area contributed by atoms with Crippen molar-refractivity contribution in [2.45, 2.75) is 40.0 Å². The van der Waals surface area contributed by atoms with E-state index in [0.29, 0.717) is 5.41 Å². The highest BCUT2D eigenvalue weighted by atomic mass is 14.3. The van der Waals surface area contributed by atoms with Crippen LogP contribution in [-0.2, 0) is 0 Å². The van der Waals surface area contributed by atoms with E-state index >= 15 is 0 Å². The van der Waals surface area contributed by atoms with Crippen LogP contribution in [0.5, 0.6) is 0 Å². The van der Waals surface area contributed by atoms with E-state index < -0.39 is 0 Å². The van der Waals surface area contributed by atoms with Gasteiger partial charge in [-0.1, -0.05) is 20.8 Å². The maximum atomic E-state index is 3.26. The van der Waals surface area contributed by atoms with E-state index in [0.717, 1.165) is 5.92 Å². The molecule has 0 aromatic heterocycles. The van der Waals surface area contributed by atoms with E-state index in [1.54, 1.807) is 0 Å². The Labute approximate surface area is 64.3 Å². The molecule has 1 atom stereocenters. The third kappa shape index (κ3) is 1.82. The molecule has 1 unspecified atom stereocenters. The maximum Gasteiger partial charge on any atom is 0.218 e. The molecule has 0 amide bonds. The third-order valence-electron chi connectivity index (χ3n) is 2.41. The predicted molar refractivity (Wildman–Crippen MR) is 44.6 cm³/mol. The van der Waals surface area contributed by atoms with Crippen molar-refractivity contribution in [2.75, 3.05) is 0 Å². The zero-order chi connectivity index (χ0) is 7.61. The van der Waals surface area contributed by atoms with Crippen LogP contribution in [0.3, 0.4) is 0 Å². The molecular formula is C10H17+. The molecule has 0 saturated heterocycles. The Hall–Kier alpha value is -0.350. The van der Waals surface area contributed by atoms with Crippen molar-refractivity contribution < 1.29 is 0 Å². The first-order valence-corrected chi connectivity index (χ1v) is 4.16. The van der Waals surface area contributed by atoms with Crippen molar-refractivity contribution in [1.82, 2.24) is 0 Å². The Bertz CT molecular complexity index is 125. The molecule has 0 heteroatoms. The van der Waals surface area contributed by atoms with Gasteiger partial charge in [-0.05, 0) is 11.3 Å². The minimum atomic E-state index is 0.499. The highest BCUT2D eigenvalue weighted by Crippen LogP contribution is 2.34. The molecule has 56 valence electrons. The Morgan fingerprint density at radius 3 is 2.40 bits per heavy atom. The largest absolute Gasteiger partial charge is 0.218 e. The van der Waals surface area contributed by atoms with Crippen LogP contribution >= 0.6 is 0 Å². The lowest BCUT2D eigenvalue weighted by molar-refractivity contribution is 0.222. The maximum absolute atomic E-state index is 3.26. The topological polar surface area (TPSA) is 0 Å². The van der Waals surface area contributed by atoms with Gasteiger partial charge in [-0.3, -0.25) is 0 Å². The van der Waals surface area contributed by atoms with Crippen LogP contribution in [0, 0.1) is 17.4 Å². The lowest BCUT2D eigenvalue weighted by atomic mass is 9.74. The van der Waals surface area contributed by atoms with Crippen LogP contribution in [-0.4, -0.2) is 0 Å². The summed E-state index contributed by atoms with van der Waals surface area (Å²) in [6, 6.07) is 0.